The number of rotatable bonds is 10. The Bertz CT molecular complexity index is 629. The molecular weight excluding hydrogens is 344 g/mol. The van der Waals surface area contributed by atoms with Crippen LogP contribution in [0.3, 0.4) is 0 Å². The molecule has 1 aromatic carbocycles. The number of ether oxygens (including phenoxy) is 2. The van der Waals surface area contributed by atoms with Crippen LogP contribution in [0.2, 0.25) is 0 Å². The van der Waals surface area contributed by atoms with Crippen molar-refractivity contribution in [3.8, 4) is 5.75 Å². The van der Waals surface area contributed by atoms with Crippen LogP contribution in [0.1, 0.15) is 36.0 Å². The Balaban J connectivity index is 1.69. The molecule has 0 aliphatic heterocycles. The maximum absolute atomic E-state index is 12.2. The van der Waals surface area contributed by atoms with Crippen molar-refractivity contribution in [3.05, 3.63) is 29.8 Å². The number of carbonyl (C=O) groups is 1. The van der Waals surface area contributed by atoms with Crippen molar-refractivity contribution in [2.75, 3.05) is 47.5 Å². The fourth-order valence-corrected chi connectivity index (χ4v) is 3.23. The number of hydrogen-bond donors (Lipinski definition) is 3. The highest BCUT2D eigenvalue weighted by Crippen LogP contribution is 2.43. The molecule has 1 fully saturated rings. The molecule has 1 saturated carbocycles. The molecule has 0 bridgehead atoms. The smallest absolute Gasteiger partial charge is 0.251 e. The summed E-state index contributed by atoms with van der Waals surface area (Å²) in [5, 5.41) is 9.55. The molecule has 0 saturated heterocycles. The van der Waals surface area contributed by atoms with Gasteiger partial charge in [0.05, 0.1) is 7.11 Å². The zero-order valence-electron chi connectivity index (χ0n) is 16.6. The van der Waals surface area contributed by atoms with Crippen molar-refractivity contribution in [2.45, 2.75) is 25.7 Å². The lowest BCUT2D eigenvalue weighted by molar-refractivity contribution is 0.0732. The molecule has 0 spiro atoms. The molecule has 7 heteroatoms. The number of guanidine groups is 1. The van der Waals surface area contributed by atoms with E-state index in [1.54, 1.807) is 39.5 Å². The van der Waals surface area contributed by atoms with Gasteiger partial charge in [0.25, 0.3) is 5.91 Å². The number of nitrogens with zero attached hydrogens (tertiary/aromatic N) is 1. The maximum Gasteiger partial charge on any atom is 0.251 e. The van der Waals surface area contributed by atoms with Crippen LogP contribution in [-0.2, 0) is 4.74 Å². The van der Waals surface area contributed by atoms with Gasteiger partial charge in [0.15, 0.2) is 5.96 Å². The first-order valence-corrected chi connectivity index (χ1v) is 9.48. The van der Waals surface area contributed by atoms with Crippen LogP contribution in [0.15, 0.2) is 29.3 Å². The monoisotopic (exact) mass is 376 g/mol. The van der Waals surface area contributed by atoms with E-state index in [-0.39, 0.29) is 5.91 Å². The van der Waals surface area contributed by atoms with E-state index < -0.39 is 0 Å². The third-order valence-electron chi connectivity index (χ3n) is 5.14. The lowest BCUT2D eigenvalue weighted by Gasteiger charge is -2.42. The van der Waals surface area contributed by atoms with Gasteiger partial charge in [-0.3, -0.25) is 9.79 Å². The molecule has 1 aliphatic rings. The Morgan fingerprint density at radius 3 is 2.59 bits per heavy atom. The molecule has 0 unspecified atom stereocenters. The highest BCUT2D eigenvalue weighted by atomic mass is 16.5. The molecule has 1 aromatic rings. The van der Waals surface area contributed by atoms with Gasteiger partial charge in [-0.25, -0.2) is 0 Å². The Hall–Kier alpha value is -2.28. The summed E-state index contributed by atoms with van der Waals surface area (Å²) in [6.45, 7) is 2.79. The number of benzene rings is 1. The van der Waals surface area contributed by atoms with Crippen LogP contribution >= 0.6 is 0 Å². The largest absolute Gasteiger partial charge is 0.497 e. The number of aliphatic imine (C=N–C) groups is 1. The van der Waals surface area contributed by atoms with Gasteiger partial charge in [-0.1, -0.05) is 12.5 Å². The van der Waals surface area contributed by atoms with E-state index in [0.29, 0.717) is 29.8 Å². The van der Waals surface area contributed by atoms with Gasteiger partial charge in [-0.2, -0.15) is 0 Å². The van der Waals surface area contributed by atoms with E-state index >= 15 is 0 Å². The Kier molecular flexibility index (Phi) is 8.39. The van der Waals surface area contributed by atoms with Crippen LogP contribution in [0, 0.1) is 5.41 Å². The summed E-state index contributed by atoms with van der Waals surface area (Å²) in [5.74, 6) is 1.31. The molecule has 2 rings (SSSR count). The van der Waals surface area contributed by atoms with Gasteiger partial charge in [-0.15, -0.1) is 0 Å². The third kappa shape index (κ3) is 6.43. The highest BCUT2D eigenvalue weighted by molar-refractivity contribution is 5.94. The zero-order chi connectivity index (χ0) is 19.5. The Morgan fingerprint density at radius 1 is 1.19 bits per heavy atom. The predicted molar refractivity (Wildman–Crippen MR) is 107 cm³/mol. The first kappa shape index (κ1) is 21.0. The van der Waals surface area contributed by atoms with E-state index in [9.17, 15) is 4.79 Å². The number of methoxy groups -OCH3 is 2. The SMILES string of the molecule is CN=C(NCCNC(=O)c1cccc(OC)c1)NCC1(CCOC)CCC1. The minimum absolute atomic E-state index is 0.119. The van der Waals surface area contributed by atoms with E-state index in [1.165, 1.54) is 19.3 Å². The number of amides is 1. The molecule has 0 heterocycles. The number of hydrogen-bond acceptors (Lipinski definition) is 4. The molecular formula is C20H32N4O3. The van der Waals surface area contributed by atoms with Crippen LogP contribution in [0.5, 0.6) is 5.75 Å². The normalized spacial score (nSPS) is 15.6. The molecule has 1 aliphatic carbocycles. The van der Waals surface area contributed by atoms with E-state index in [1.807, 2.05) is 6.07 Å². The lowest BCUT2D eigenvalue weighted by Crippen LogP contribution is -2.48. The van der Waals surface area contributed by atoms with Gasteiger partial charge >= 0.3 is 0 Å². The van der Waals surface area contributed by atoms with Crippen molar-refractivity contribution in [2.24, 2.45) is 10.4 Å². The molecule has 0 aromatic heterocycles. The van der Waals surface area contributed by atoms with Gasteiger partial charge < -0.3 is 25.4 Å². The molecule has 3 N–H and O–H groups in total. The number of carbonyl (C=O) groups excluding carboxylic acids is 1. The van der Waals surface area contributed by atoms with E-state index in [4.69, 9.17) is 9.47 Å². The van der Waals surface area contributed by atoms with Crippen molar-refractivity contribution >= 4 is 11.9 Å². The van der Waals surface area contributed by atoms with Crippen molar-refractivity contribution < 1.29 is 14.3 Å². The minimum Gasteiger partial charge on any atom is -0.497 e. The Morgan fingerprint density at radius 2 is 1.96 bits per heavy atom. The topological polar surface area (TPSA) is 84.0 Å². The average molecular weight is 377 g/mol. The fraction of sp³-hybridized carbons (Fsp3) is 0.600. The average Bonchev–Trinajstić information content (AvgIpc) is 2.68. The van der Waals surface area contributed by atoms with Crippen LogP contribution in [0.4, 0.5) is 0 Å². The maximum atomic E-state index is 12.2. The summed E-state index contributed by atoms with van der Waals surface area (Å²) >= 11 is 0. The first-order chi connectivity index (χ1) is 13.1. The van der Waals surface area contributed by atoms with Crippen LogP contribution < -0.4 is 20.7 Å². The van der Waals surface area contributed by atoms with Crippen molar-refractivity contribution in [1.82, 2.24) is 16.0 Å². The van der Waals surface area contributed by atoms with E-state index in [0.717, 1.165) is 25.5 Å². The molecule has 27 heavy (non-hydrogen) atoms. The van der Waals surface area contributed by atoms with Crippen molar-refractivity contribution in [1.29, 1.82) is 0 Å². The standard InChI is InChI=1S/C20H32N4O3/c1-21-19(24-15-20(8-5-9-20)10-13-26-2)23-12-11-22-18(25)16-6-4-7-17(14-16)27-3/h4,6-7,14H,5,8-13,15H2,1-3H3,(H,22,25)(H2,21,23,24). The van der Waals surface area contributed by atoms with Gasteiger partial charge in [0, 0.05) is 46.0 Å². The zero-order valence-corrected chi connectivity index (χ0v) is 16.6. The second-order valence-electron chi connectivity index (χ2n) is 6.94. The van der Waals surface area contributed by atoms with Crippen LogP contribution in [0.25, 0.3) is 0 Å². The summed E-state index contributed by atoms with van der Waals surface area (Å²) in [7, 11) is 5.09. The molecule has 0 radical (unpaired) electrons. The molecule has 150 valence electrons. The lowest BCUT2D eigenvalue weighted by atomic mass is 9.67. The van der Waals surface area contributed by atoms with Gasteiger partial charge in [-0.05, 0) is 42.9 Å². The summed E-state index contributed by atoms with van der Waals surface area (Å²) in [5.41, 5.74) is 0.913. The van der Waals surface area contributed by atoms with E-state index in [2.05, 4.69) is 20.9 Å². The first-order valence-electron chi connectivity index (χ1n) is 9.48. The molecule has 7 nitrogen and oxygen atoms in total. The predicted octanol–water partition coefficient (Wildman–Crippen LogP) is 1.80. The van der Waals surface area contributed by atoms with Crippen LogP contribution in [-0.4, -0.2) is 59.4 Å². The third-order valence-corrected chi connectivity index (χ3v) is 5.14. The second kappa shape index (κ2) is 10.8. The molecule has 0 atom stereocenters. The summed E-state index contributed by atoms with van der Waals surface area (Å²) in [4.78, 5) is 16.4. The number of nitrogens with one attached hydrogen (secondary N) is 3. The van der Waals surface area contributed by atoms with Gasteiger partial charge in [0.1, 0.15) is 5.75 Å². The fourth-order valence-electron chi connectivity index (χ4n) is 3.23. The Labute approximate surface area is 161 Å². The van der Waals surface area contributed by atoms with Gasteiger partial charge in [0.2, 0.25) is 0 Å². The quantitative estimate of drug-likeness (QED) is 0.329. The van der Waals surface area contributed by atoms with Crippen molar-refractivity contribution in [3.63, 3.8) is 0 Å². The summed E-state index contributed by atoms with van der Waals surface area (Å²) in [6, 6.07) is 7.11. The molecule has 1 amide bonds. The minimum atomic E-state index is -0.119. The summed E-state index contributed by atoms with van der Waals surface area (Å²) in [6.07, 6.45) is 4.83. The second-order valence-corrected chi connectivity index (χ2v) is 6.94. The summed E-state index contributed by atoms with van der Waals surface area (Å²) < 4.78 is 10.4. The highest BCUT2D eigenvalue weighted by Gasteiger charge is 2.36.